The van der Waals surface area contributed by atoms with E-state index in [1.54, 1.807) is 19.1 Å². The number of rotatable bonds is 8. The summed E-state index contributed by atoms with van der Waals surface area (Å²) in [6.07, 6.45) is 0.823. The van der Waals surface area contributed by atoms with Gasteiger partial charge >= 0.3 is 0 Å². The zero-order chi connectivity index (χ0) is 18.3. The first-order valence-electron chi connectivity index (χ1n) is 8.55. The van der Waals surface area contributed by atoms with E-state index in [9.17, 15) is 13.2 Å². The van der Waals surface area contributed by atoms with Crippen LogP contribution < -0.4 is 10.0 Å². The van der Waals surface area contributed by atoms with Crippen molar-refractivity contribution in [2.24, 2.45) is 0 Å². The number of benzene rings is 1. The average molecular weight is 369 g/mol. The Morgan fingerprint density at radius 1 is 1.24 bits per heavy atom. The Bertz CT molecular complexity index is 655. The van der Waals surface area contributed by atoms with Crippen LogP contribution in [0.1, 0.15) is 18.9 Å². The van der Waals surface area contributed by atoms with Crippen LogP contribution in [0.5, 0.6) is 0 Å². The number of aryl methyl sites for hydroxylation is 1. The molecule has 7 nitrogen and oxygen atoms in total. The predicted molar refractivity (Wildman–Crippen MR) is 95.8 cm³/mol. The van der Waals surface area contributed by atoms with Crippen LogP contribution >= 0.6 is 0 Å². The van der Waals surface area contributed by atoms with E-state index >= 15 is 0 Å². The van der Waals surface area contributed by atoms with Crippen LogP contribution in [0.4, 0.5) is 0 Å². The molecule has 1 aliphatic heterocycles. The van der Waals surface area contributed by atoms with Gasteiger partial charge in [0.25, 0.3) is 0 Å². The second-order valence-corrected chi connectivity index (χ2v) is 7.97. The van der Waals surface area contributed by atoms with Gasteiger partial charge in [-0.1, -0.05) is 17.7 Å². The highest BCUT2D eigenvalue weighted by Crippen LogP contribution is 2.10. The summed E-state index contributed by atoms with van der Waals surface area (Å²) in [5.74, 6) is -0.322. The molecule has 0 saturated carbocycles. The van der Waals surface area contributed by atoms with Crippen molar-refractivity contribution in [3.05, 3.63) is 29.8 Å². The molecule has 0 spiro atoms. The summed E-state index contributed by atoms with van der Waals surface area (Å²) >= 11 is 0. The fourth-order valence-corrected chi connectivity index (χ4v) is 3.77. The van der Waals surface area contributed by atoms with E-state index in [4.69, 9.17) is 4.74 Å². The summed E-state index contributed by atoms with van der Waals surface area (Å²) in [6.45, 7) is 8.19. The maximum atomic E-state index is 12.3. The second-order valence-electron chi connectivity index (χ2n) is 6.25. The number of sulfonamides is 1. The van der Waals surface area contributed by atoms with Gasteiger partial charge in [-0.15, -0.1) is 0 Å². The number of nitrogens with zero attached hydrogens (tertiary/aromatic N) is 1. The van der Waals surface area contributed by atoms with E-state index in [2.05, 4.69) is 14.9 Å². The predicted octanol–water partition coefficient (Wildman–Crippen LogP) is 0.500. The van der Waals surface area contributed by atoms with E-state index in [1.165, 1.54) is 12.1 Å². The lowest BCUT2D eigenvalue weighted by molar-refractivity contribution is -0.122. The minimum absolute atomic E-state index is 0.157. The highest BCUT2D eigenvalue weighted by Gasteiger charge is 2.21. The van der Waals surface area contributed by atoms with Crippen LogP contribution in [0.15, 0.2) is 29.2 Å². The van der Waals surface area contributed by atoms with Gasteiger partial charge in [0.1, 0.15) is 0 Å². The zero-order valence-corrected chi connectivity index (χ0v) is 15.6. The normalized spacial score (nSPS) is 17.2. The summed E-state index contributed by atoms with van der Waals surface area (Å²) in [5.41, 5.74) is 0.977. The van der Waals surface area contributed by atoms with Gasteiger partial charge in [0.15, 0.2) is 0 Å². The first-order valence-corrected chi connectivity index (χ1v) is 10.0. The molecule has 0 aromatic heterocycles. The zero-order valence-electron chi connectivity index (χ0n) is 14.8. The molecule has 1 aliphatic rings. The molecule has 0 bridgehead atoms. The largest absolute Gasteiger partial charge is 0.379 e. The lowest BCUT2D eigenvalue weighted by Crippen LogP contribution is -2.45. The van der Waals surface area contributed by atoms with Crippen molar-refractivity contribution in [1.82, 2.24) is 14.9 Å². The van der Waals surface area contributed by atoms with Crippen molar-refractivity contribution in [1.29, 1.82) is 0 Å². The Kier molecular flexibility index (Phi) is 7.37. The van der Waals surface area contributed by atoms with Crippen molar-refractivity contribution in [3.8, 4) is 0 Å². The molecular formula is C17H27N3O4S. The van der Waals surface area contributed by atoms with Crippen molar-refractivity contribution in [2.75, 3.05) is 39.4 Å². The number of hydrogen-bond donors (Lipinski definition) is 2. The van der Waals surface area contributed by atoms with Gasteiger partial charge in [-0.3, -0.25) is 9.69 Å². The van der Waals surface area contributed by atoms with Crippen LogP contribution in [0.25, 0.3) is 0 Å². The van der Waals surface area contributed by atoms with Crippen LogP contribution in [-0.4, -0.2) is 64.7 Å². The van der Waals surface area contributed by atoms with Crippen LogP contribution in [0.3, 0.4) is 0 Å². The summed E-state index contributed by atoms with van der Waals surface area (Å²) in [4.78, 5) is 14.5. The molecule has 0 radical (unpaired) electrons. The molecule has 0 aliphatic carbocycles. The van der Waals surface area contributed by atoms with Gasteiger partial charge < -0.3 is 10.1 Å². The Morgan fingerprint density at radius 3 is 2.52 bits per heavy atom. The molecule has 1 aromatic rings. The summed E-state index contributed by atoms with van der Waals surface area (Å²) in [5, 5.41) is 2.78. The first-order chi connectivity index (χ1) is 11.9. The summed E-state index contributed by atoms with van der Waals surface area (Å²) in [6, 6.07) is 5.69. The molecule has 1 fully saturated rings. The Hall–Kier alpha value is -1.48. The number of amides is 1. The lowest BCUT2D eigenvalue weighted by atomic mass is 10.2. The number of morpholine rings is 1. The maximum Gasteiger partial charge on any atom is 0.241 e. The molecule has 1 saturated heterocycles. The van der Waals surface area contributed by atoms with Crippen LogP contribution in [0, 0.1) is 6.92 Å². The van der Waals surface area contributed by atoms with Crippen molar-refractivity contribution in [3.63, 3.8) is 0 Å². The Morgan fingerprint density at radius 2 is 1.88 bits per heavy atom. The molecule has 25 heavy (non-hydrogen) atoms. The average Bonchev–Trinajstić information content (AvgIpc) is 2.59. The maximum absolute atomic E-state index is 12.3. The number of ether oxygens (including phenoxy) is 1. The van der Waals surface area contributed by atoms with E-state index < -0.39 is 16.1 Å². The van der Waals surface area contributed by atoms with E-state index in [-0.39, 0.29) is 10.8 Å². The fraction of sp³-hybridized carbons (Fsp3) is 0.588. The molecule has 1 heterocycles. The van der Waals surface area contributed by atoms with Crippen LogP contribution in [0.2, 0.25) is 0 Å². The highest BCUT2D eigenvalue weighted by molar-refractivity contribution is 7.89. The standard InChI is InChI=1S/C17H27N3O4S/c1-14-4-6-16(7-5-14)25(22,23)19-15(2)17(21)18-8-3-9-20-10-12-24-13-11-20/h4-7,15,19H,3,8-13H2,1-2H3,(H,18,21)/t15-/m0/s1. The van der Waals surface area contributed by atoms with Gasteiger partial charge in [-0.05, 0) is 38.9 Å². The highest BCUT2D eigenvalue weighted by atomic mass is 32.2. The van der Waals surface area contributed by atoms with E-state index in [1.807, 2.05) is 6.92 Å². The fourth-order valence-electron chi connectivity index (χ4n) is 2.56. The third-order valence-electron chi connectivity index (χ3n) is 4.11. The van der Waals surface area contributed by atoms with E-state index in [0.717, 1.165) is 44.8 Å². The monoisotopic (exact) mass is 369 g/mol. The topological polar surface area (TPSA) is 87.7 Å². The van der Waals surface area contributed by atoms with Crippen molar-refractivity contribution >= 4 is 15.9 Å². The molecule has 2 rings (SSSR count). The smallest absolute Gasteiger partial charge is 0.241 e. The molecule has 140 valence electrons. The second kappa shape index (κ2) is 9.28. The Balaban J connectivity index is 1.74. The molecule has 0 unspecified atom stereocenters. The number of carbonyl (C=O) groups excluding carboxylic acids is 1. The van der Waals surface area contributed by atoms with Gasteiger partial charge in [0.2, 0.25) is 15.9 Å². The van der Waals surface area contributed by atoms with Gasteiger partial charge in [-0.25, -0.2) is 8.42 Å². The Labute approximate surface area is 149 Å². The lowest BCUT2D eigenvalue weighted by Gasteiger charge is -2.26. The molecule has 2 N–H and O–H groups in total. The third-order valence-corrected chi connectivity index (χ3v) is 5.67. The minimum atomic E-state index is -3.70. The third kappa shape index (κ3) is 6.39. The molecule has 8 heteroatoms. The SMILES string of the molecule is Cc1ccc(S(=O)(=O)N[C@@H](C)C(=O)NCCCN2CCOCC2)cc1. The van der Waals surface area contributed by atoms with Gasteiger partial charge in [0, 0.05) is 19.6 Å². The summed E-state index contributed by atoms with van der Waals surface area (Å²) in [7, 11) is -3.70. The molecule has 1 atom stereocenters. The molecule has 1 aromatic carbocycles. The van der Waals surface area contributed by atoms with Crippen molar-refractivity contribution < 1.29 is 17.9 Å². The molecule has 1 amide bonds. The van der Waals surface area contributed by atoms with Gasteiger partial charge in [0.05, 0.1) is 24.2 Å². The molecular weight excluding hydrogens is 342 g/mol. The number of nitrogens with one attached hydrogen (secondary N) is 2. The number of carbonyl (C=O) groups is 1. The van der Waals surface area contributed by atoms with Crippen molar-refractivity contribution in [2.45, 2.75) is 31.2 Å². The van der Waals surface area contributed by atoms with Gasteiger partial charge in [-0.2, -0.15) is 4.72 Å². The minimum Gasteiger partial charge on any atom is -0.379 e. The number of hydrogen-bond acceptors (Lipinski definition) is 5. The summed E-state index contributed by atoms with van der Waals surface area (Å²) < 4.78 is 32.3. The van der Waals surface area contributed by atoms with Crippen LogP contribution in [-0.2, 0) is 19.6 Å². The first kappa shape index (κ1) is 19.8. The van der Waals surface area contributed by atoms with E-state index in [0.29, 0.717) is 6.54 Å². The quantitative estimate of drug-likeness (QED) is 0.652.